The molecule has 0 aliphatic heterocycles. The minimum absolute atomic E-state index is 0.0973. The van der Waals surface area contributed by atoms with E-state index in [0.717, 1.165) is 11.1 Å². The standard InChI is InChI=1S/C15H22N2O2S/c1-11(2)17(8-9-19-3)14(18)10-12-4-6-13(7-5-12)15(16)20/h4-7,11H,8-10H2,1-3H3,(H2,16,20). The molecule has 0 aliphatic rings. The lowest BCUT2D eigenvalue weighted by Gasteiger charge is -2.26. The number of carbonyl (C=O) groups excluding carboxylic acids is 1. The molecule has 0 saturated carbocycles. The first kappa shape index (κ1) is 16.6. The molecule has 1 aromatic rings. The molecule has 5 heteroatoms. The highest BCUT2D eigenvalue weighted by Gasteiger charge is 2.16. The molecule has 110 valence electrons. The number of methoxy groups -OCH3 is 1. The van der Waals surface area contributed by atoms with E-state index in [1.807, 2.05) is 43.0 Å². The zero-order valence-corrected chi connectivity index (χ0v) is 13.1. The fourth-order valence-electron chi connectivity index (χ4n) is 1.92. The molecule has 0 aliphatic carbocycles. The van der Waals surface area contributed by atoms with Crippen molar-refractivity contribution in [2.45, 2.75) is 26.3 Å². The van der Waals surface area contributed by atoms with Crippen LogP contribution in [0, 0.1) is 0 Å². The second kappa shape index (κ2) is 7.97. The van der Waals surface area contributed by atoms with Gasteiger partial charge in [-0.2, -0.15) is 0 Å². The van der Waals surface area contributed by atoms with E-state index in [2.05, 4.69) is 0 Å². The molecular weight excluding hydrogens is 272 g/mol. The predicted octanol–water partition coefficient (Wildman–Crippen LogP) is 1.75. The molecule has 0 unspecified atom stereocenters. The molecule has 0 spiro atoms. The number of benzene rings is 1. The average molecular weight is 294 g/mol. The number of hydrogen-bond donors (Lipinski definition) is 1. The van der Waals surface area contributed by atoms with E-state index in [-0.39, 0.29) is 11.9 Å². The Morgan fingerprint density at radius 1 is 1.35 bits per heavy atom. The van der Waals surface area contributed by atoms with E-state index in [0.29, 0.717) is 24.6 Å². The van der Waals surface area contributed by atoms with Gasteiger partial charge >= 0.3 is 0 Å². The quantitative estimate of drug-likeness (QED) is 0.778. The summed E-state index contributed by atoms with van der Waals surface area (Å²) in [7, 11) is 1.64. The van der Waals surface area contributed by atoms with Gasteiger partial charge in [0.15, 0.2) is 0 Å². The number of carbonyl (C=O) groups is 1. The van der Waals surface area contributed by atoms with Crippen LogP contribution in [0.15, 0.2) is 24.3 Å². The second-order valence-corrected chi connectivity index (χ2v) is 5.35. The van der Waals surface area contributed by atoms with Crippen LogP contribution in [-0.2, 0) is 16.0 Å². The Morgan fingerprint density at radius 2 is 1.95 bits per heavy atom. The third kappa shape index (κ3) is 4.90. The summed E-state index contributed by atoms with van der Waals surface area (Å²) in [5, 5.41) is 0. The second-order valence-electron chi connectivity index (χ2n) is 4.91. The van der Waals surface area contributed by atoms with E-state index in [1.165, 1.54) is 0 Å². The largest absolute Gasteiger partial charge is 0.389 e. The number of nitrogens with two attached hydrogens (primary N) is 1. The van der Waals surface area contributed by atoms with E-state index in [1.54, 1.807) is 7.11 Å². The summed E-state index contributed by atoms with van der Waals surface area (Å²) < 4.78 is 5.04. The van der Waals surface area contributed by atoms with Crippen molar-refractivity contribution in [1.82, 2.24) is 4.90 Å². The molecule has 0 bridgehead atoms. The smallest absolute Gasteiger partial charge is 0.227 e. The Morgan fingerprint density at radius 3 is 2.40 bits per heavy atom. The van der Waals surface area contributed by atoms with Crippen molar-refractivity contribution in [3.8, 4) is 0 Å². The highest BCUT2D eigenvalue weighted by atomic mass is 32.1. The summed E-state index contributed by atoms with van der Waals surface area (Å²) in [4.78, 5) is 14.5. The number of hydrogen-bond acceptors (Lipinski definition) is 3. The lowest BCUT2D eigenvalue weighted by molar-refractivity contribution is -0.132. The molecule has 20 heavy (non-hydrogen) atoms. The van der Waals surface area contributed by atoms with Crippen LogP contribution in [0.3, 0.4) is 0 Å². The molecule has 0 aromatic heterocycles. The first-order valence-electron chi connectivity index (χ1n) is 6.63. The van der Waals surface area contributed by atoms with Gasteiger partial charge in [0.2, 0.25) is 5.91 Å². The minimum Gasteiger partial charge on any atom is -0.389 e. The van der Waals surface area contributed by atoms with Gasteiger partial charge in [0, 0.05) is 25.3 Å². The highest BCUT2D eigenvalue weighted by Crippen LogP contribution is 2.08. The number of nitrogens with zero attached hydrogens (tertiary/aromatic N) is 1. The molecular formula is C15H22N2O2S. The number of ether oxygens (including phenoxy) is 1. The van der Waals surface area contributed by atoms with Crippen LogP contribution in [-0.4, -0.2) is 42.1 Å². The molecule has 1 rings (SSSR count). The molecule has 0 saturated heterocycles. The van der Waals surface area contributed by atoms with Crippen LogP contribution in [0.2, 0.25) is 0 Å². The molecule has 0 radical (unpaired) electrons. The Kier molecular flexibility index (Phi) is 6.61. The maximum atomic E-state index is 12.3. The zero-order valence-electron chi connectivity index (χ0n) is 12.3. The Labute approximate surface area is 125 Å². The van der Waals surface area contributed by atoms with Crippen LogP contribution in [0.4, 0.5) is 0 Å². The predicted molar refractivity (Wildman–Crippen MR) is 84.8 cm³/mol. The Bertz CT molecular complexity index is 457. The fourth-order valence-corrected chi connectivity index (χ4v) is 2.06. The van der Waals surface area contributed by atoms with E-state index >= 15 is 0 Å². The number of thiocarbonyl (C=S) groups is 1. The normalized spacial score (nSPS) is 10.6. The average Bonchev–Trinajstić information content (AvgIpc) is 2.39. The van der Waals surface area contributed by atoms with Crippen LogP contribution in [0.5, 0.6) is 0 Å². The Balaban J connectivity index is 2.69. The first-order chi connectivity index (χ1) is 9.45. The summed E-state index contributed by atoms with van der Waals surface area (Å²) in [5.74, 6) is 0.0973. The van der Waals surface area contributed by atoms with Gasteiger partial charge in [-0.05, 0) is 19.4 Å². The van der Waals surface area contributed by atoms with Crippen molar-refractivity contribution >= 4 is 23.1 Å². The SMILES string of the molecule is COCCN(C(=O)Cc1ccc(C(N)=S)cc1)C(C)C. The monoisotopic (exact) mass is 294 g/mol. The first-order valence-corrected chi connectivity index (χ1v) is 7.03. The third-order valence-electron chi connectivity index (χ3n) is 3.07. The number of amides is 1. The fraction of sp³-hybridized carbons (Fsp3) is 0.467. The topological polar surface area (TPSA) is 55.6 Å². The van der Waals surface area contributed by atoms with E-state index in [4.69, 9.17) is 22.7 Å². The van der Waals surface area contributed by atoms with Crippen molar-refractivity contribution in [3.63, 3.8) is 0 Å². The van der Waals surface area contributed by atoms with E-state index in [9.17, 15) is 4.79 Å². The molecule has 0 atom stereocenters. The van der Waals surface area contributed by atoms with Gasteiger partial charge < -0.3 is 15.4 Å². The molecule has 1 aromatic carbocycles. The summed E-state index contributed by atoms with van der Waals surface area (Å²) in [6.45, 7) is 5.16. The van der Waals surface area contributed by atoms with Crippen molar-refractivity contribution < 1.29 is 9.53 Å². The van der Waals surface area contributed by atoms with Crippen LogP contribution in [0.25, 0.3) is 0 Å². The van der Waals surface area contributed by atoms with Gasteiger partial charge in [0.25, 0.3) is 0 Å². The van der Waals surface area contributed by atoms with Gasteiger partial charge in [-0.3, -0.25) is 4.79 Å². The maximum Gasteiger partial charge on any atom is 0.227 e. The summed E-state index contributed by atoms with van der Waals surface area (Å²) in [6, 6.07) is 7.63. The lowest BCUT2D eigenvalue weighted by Crippen LogP contribution is -2.40. The molecule has 0 fully saturated rings. The Hall–Kier alpha value is -1.46. The zero-order chi connectivity index (χ0) is 15.1. The maximum absolute atomic E-state index is 12.3. The number of rotatable bonds is 7. The van der Waals surface area contributed by atoms with Gasteiger partial charge in [-0.15, -0.1) is 0 Å². The molecule has 0 heterocycles. The van der Waals surface area contributed by atoms with Crippen LogP contribution in [0.1, 0.15) is 25.0 Å². The van der Waals surface area contributed by atoms with E-state index < -0.39 is 0 Å². The summed E-state index contributed by atoms with van der Waals surface area (Å²) in [6.07, 6.45) is 0.375. The summed E-state index contributed by atoms with van der Waals surface area (Å²) >= 11 is 4.91. The van der Waals surface area contributed by atoms with Gasteiger partial charge in [0.05, 0.1) is 13.0 Å². The molecule has 2 N–H and O–H groups in total. The van der Waals surface area contributed by atoms with Crippen LogP contribution < -0.4 is 5.73 Å². The van der Waals surface area contributed by atoms with Gasteiger partial charge in [-0.25, -0.2) is 0 Å². The highest BCUT2D eigenvalue weighted by molar-refractivity contribution is 7.80. The molecule has 4 nitrogen and oxygen atoms in total. The van der Waals surface area contributed by atoms with Crippen molar-refractivity contribution in [1.29, 1.82) is 0 Å². The lowest BCUT2D eigenvalue weighted by atomic mass is 10.1. The van der Waals surface area contributed by atoms with Crippen LogP contribution >= 0.6 is 12.2 Å². The van der Waals surface area contributed by atoms with Crippen molar-refractivity contribution in [2.24, 2.45) is 5.73 Å². The summed E-state index contributed by atoms with van der Waals surface area (Å²) in [5.41, 5.74) is 7.32. The van der Waals surface area contributed by atoms with Crippen molar-refractivity contribution in [3.05, 3.63) is 35.4 Å². The van der Waals surface area contributed by atoms with Gasteiger partial charge in [-0.1, -0.05) is 36.5 Å². The van der Waals surface area contributed by atoms with Crippen molar-refractivity contribution in [2.75, 3.05) is 20.3 Å². The molecule has 1 amide bonds. The minimum atomic E-state index is 0.0973. The van der Waals surface area contributed by atoms with Gasteiger partial charge in [0.1, 0.15) is 4.99 Å². The third-order valence-corrected chi connectivity index (χ3v) is 3.31.